The Labute approximate surface area is 169 Å². The lowest BCUT2D eigenvalue weighted by Gasteiger charge is -2.26. The standard InChI is InChI=1S/C21H22N2O5S/c24-21(14-5-6-14)23-10-9-15-11-17(7-8-18(15)23)29(25,26)22-12-16-13-27-19-3-1-2-4-20(19)28-16/h1-4,7-8,11,14,16,22H,5-6,9-10,12-13H2/t16-/m1/s1. The van der Waals surface area contributed by atoms with Crippen LogP contribution in [-0.2, 0) is 21.2 Å². The molecule has 0 saturated heterocycles. The fraction of sp³-hybridized carbons (Fsp3) is 0.381. The molecule has 1 aliphatic carbocycles. The van der Waals surface area contributed by atoms with Gasteiger partial charge in [0, 0.05) is 18.2 Å². The average Bonchev–Trinajstić information content (AvgIpc) is 3.50. The van der Waals surface area contributed by atoms with Crippen molar-refractivity contribution >= 4 is 21.6 Å². The summed E-state index contributed by atoms with van der Waals surface area (Å²) >= 11 is 0. The summed E-state index contributed by atoms with van der Waals surface area (Å²) in [4.78, 5) is 14.4. The number of para-hydroxylation sites is 2. The molecule has 3 aliphatic rings. The van der Waals surface area contributed by atoms with E-state index in [1.54, 1.807) is 29.2 Å². The summed E-state index contributed by atoms with van der Waals surface area (Å²) in [5, 5.41) is 0. The van der Waals surface area contributed by atoms with Gasteiger partial charge in [-0.25, -0.2) is 13.1 Å². The number of sulfonamides is 1. The molecule has 0 aromatic heterocycles. The zero-order valence-electron chi connectivity index (χ0n) is 15.8. The third kappa shape index (κ3) is 3.58. The maximum atomic E-state index is 12.8. The van der Waals surface area contributed by atoms with Gasteiger partial charge in [-0.1, -0.05) is 12.1 Å². The first-order valence-corrected chi connectivity index (χ1v) is 11.3. The van der Waals surface area contributed by atoms with Gasteiger partial charge in [0.2, 0.25) is 15.9 Å². The SMILES string of the molecule is O=C(C1CC1)N1CCc2cc(S(=O)(=O)NC[C@@H]3COc4ccccc4O3)ccc21. The van der Waals surface area contributed by atoms with E-state index in [0.29, 0.717) is 24.5 Å². The van der Waals surface area contributed by atoms with Crippen LogP contribution in [0.4, 0.5) is 5.69 Å². The molecule has 0 unspecified atom stereocenters. The minimum atomic E-state index is -3.69. The van der Waals surface area contributed by atoms with Gasteiger partial charge in [0.15, 0.2) is 11.5 Å². The summed E-state index contributed by atoms with van der Waals surface area (Å²) in [6, 6.07) is 12.3. The highest BCUT2D eigenvalue weighted by molar-refractivity contribution is 7.89. The van der Waals surface area contributed by atoms with Crippen LogP contribution in [0.5, 0.6) is 11.5 Å². The summed E-state index contributed by atoms with van der Waals surface area (Å²) in [6.45, 7) is 1.01. The number of carbonyl (C=O) groups excluding carboxylic acids is 1. The Kier molecular flexibility index (Phi) is 4.48. The van der Waals surface area contributed by atoms with Gasteiger partial charge in [-0.3, -0.25) is 4.79 Å². The van der Waals surface area contributed by atoms with Crippen molar-refractivity contribution in [3.63, 3.8) is 0 Å². The van der Waals surface area contributed by atoms with Gasteiger partial charge in [0.1, 0.15) is 12.7 Å². The van der Waals surface area contributed by atoms with Crippen molar-refractivity contribution in [1.82, 2.24) is 4.72 Å². The number of nitrogens with one attached hydrogen (secondary N) is 1. The van der Waals surface area contributed by atoms with E-state index < -0.39 is 16.1 Å². The lowest BCUT2D eigenvalue weighted by Crippen LogP contribution is -2.40. The van der Waals surface area contributed by atoms with E-state index in [2.05, 4.69) is 4.72 Å². The molecule has 1 saturated carbocycles. The zero-order chi connectivity index (χ0) is 20.0. The second-order valence-electron chi connectivity index (χ2n) is 7.65. The van der Waals surface area contributed by atoms with E-state index in [4.69, 9.17) is 9.47 Å². The Morgan fingerprint density at radius 2 is 1.93 bits per heavy atom. The van der Waals surface area contributed by atoms with Crippen LogP contribution in [-0.4, -0.2) is 40.1 Å². The van der Waals surface area contributed by atoms with Crippen LogP contribution in [0.3, 0.4) is 0 Å². The highest BCUT2D eigenvalue weighted by Gasteiger charge is 2.36. The lowest BCUT2D eigenvalue weighted by atomic mass is 10.2. The van der Waals surface area contributed by atoms with Crippen molar-refractivity contribution in [2.24, 2.45) is 5.92 Å². The van der Waals surface area contributed by atoms with Crippen LogP contribution in [0.15, 0.2) is 47.4 Å². The predicted octanol–water partition coefficient (Wildman–Crippen LogP) is 2.10. The number of carbonyl (C=O) groups is 1. The fourth-order valence-corrected chi connectivity index (χ4v) is 4.89. The molecule has 2 aromatic rings. The van der Waals surface area contributed by atoms with E-state index in [1.807, 2.05) is 18.2 Å². The number of ether oxygens (including phenoxy) is 2. The number of nitrogens with zero attached hydrogens (tertiary/aromatic N) is 1. The number of benzene rings is 2. The first-order chi connectivity index (χ1) is 14.0. The summed E-state index contributed by atoms with van der Waals surface area (Å²) in [5.41, 5.74) is 1.73. The van der Waals surface area contributed by atoms with E-state index in [0.717, 1.165) is 24.1 Å². The molecular formula is C21H22N2O5S. The quantitative estimate of drug-likeness (QED) is 0.810. The molecule has 1 atom stereocenters. The molecule has 29 heavy (non-hydrogen) atoms. The van der Waals surface area contributed by atoms with Crippen LogP contribution in [0.1, 0.15) is 18.4 Å². The topological polar surface area (TPSA) is 84.9 Å². The number of hydrogen-bond acceptors (Lipinski definition) is 5. The summed E-state index contributed by atoms with van der Waals surface area (Å²) < 4.78 is 39.6. The third-order valence-corrected chi connectivity index (χ3v) is 6.94. The van der Waals surface area contributed by atoms with Crippen molar-refractivity contribution in [1.29, 1.82) is 0 Å². The van der Waals surface area contributed by atoms with E-state index in [1.165, 1.54) is 0 Å². The van der Waals surface area contributed by atoms with Crippen molar-refractivity contribution in [2.75, 3.05) is 24.6 Å². The van der Waals surface area contributed by atoms with E-state index in [-0.39, 0.29) is 29.9 Å². The molecule has 2 aliphatic heterocycles. The maximum Gasteiger partial charge on any atom is 0.240 e. The van der Waals surface area contributed by atoms with Gasteiger partial charge in [0.25, 0.3) is 0 Å². The zero-order valence-corrected chi connectivity index (χ0v) is 16.7. The van der Waals surface area contributed by atoms with Crippen LogP contribution >= 0.6 is 0 Å². The smallest absolute Gasteiger partial charge is 0.240 e. The number of fused-ring (bicyclic) bond motifs is 2. The molecular weight excluding hydrogens is 392 g/mol. The van der Waals surface area contributed by atoms with Crippen LogP contribution in [0.2, 0.25) is 0 Å². The highest BCUT2D eigenvalue weighted by atomic mass is 32.2. The molecule has 2 heterocycles. The number of hydrogen-bond donors (Lipinski definition) is 1. The first kappa shape index (κ1) is 18.4. The second-order valence-corrected chi connectivity index (χ2v) is 9.42. The van der Waals surface area contributed by atoms with Crippen LogP contribution in [0.25, 0.3) is 0 Å². The van der Waals surface area contributed by atoms with E-state index in [9.17, 15) is 13.2 Å². The minimum Gasteiger partial charge on any atom is -0.486 e. The van der Waals surface area contributed by atoms with Crippen LogP contribution < -0.4 is 19.1 Å². The Morgan fingerprint density at radius 1 is 1.14 bits per heavy atom. The fourth-order valence-electron chi connectivity index (χ4n) is 3.77. The average molecular weight is 414 g/mol. The molecule has 2 aromatic carbocycles. The summed E-state index contributed by atoms with van der Waals surface area (Å²) in [5.74, 6) is 1.58. The number of amides is 1. The van der Waals surface area contributed by atoms with Crippen LogP contribution in [0, 0.1) is 5.92 Å². The monoisotopic (exact) mass is 414 g/mol. The molecule has 1 N–H and O–H groups in total. The van der Waals surface area contributed by atoms with Gasteiger partial charge < -0.3 is 14.4 Å². The van der Waals surface area contributed by atoms with Crippen molar-refractivity contribution in [2.45, 2.75) is 30.3 Å². The molecule has 1 amide bonds. The largest absolute Gasteiger partial charge is 0.486 e. The maximum absolute atomic E-state index is 12.8. The lowest BCUT2D eigenvalue weighted by molar-refractivity contribution is -0.119. The Balaban J connectivity index is 1.27. The molecule has 5 rings (SSSR count). The molecule has 0 spiro atoms. The normalized spacial score (nSPS) is 20.4. The van der Waals surface area contributed by atoms with Gasteiger partial charge in [-0.2, -0.15) is 0 Å². The Hall–Kier alpha value is -2.58. The number of anilines is 1. The minimum absolute atomic E-state index is 0.111. The predicted molar refractivity (Wildman–Crippen MR) is 107 cm³/mol. The van der Waals surface area contributed by atoms with Crippen molar-refractivity contribution < 1.29 is 22.7 Å². The van der Waals surface area contributed by atoms with Gasteiger partial charge in [0.05, 0.1) is 11.4 Å². The molecule has 152 valence electrons. The molecule has 0 bridgehead atoms. The van der Waals surface area contributed by atoms with Gasteiger partial charge in [-0.05, 0) is 55.2 Å². The Morgan fingerprint density at radius 3 is 2.72 bits per heavy atom. The Bertz CT molecular complexity index is 1060. The first-order valence-electron chi connectivity index (χ1n) is 9.84. The van der Waals surface area contributed by atoms with E-state index >= 15 is 0 Å². The molecule has 1 fully saturated rings. The molecule has 0 radical (unpaired) electrons. The highest BCUT2D eigenvalue weighted by Crippen LogP contribution is 2.37. The van der Waals surface area contributed by atoms with Crippen molar-refractivity contribution in [3.8, 4) is 11.5 Å². The molecule has 7 nitrogen and oxygen atoms in total. The van der Waals surface area contributed by atoms with Crippen molar-refractivity contribution in [3.05, 3.63) is 48.0 Å². The second kappa shape index (κ2) is 7.03. The third-order valence-electron chi connectivity index (χ3n) is 5.52. The summed E-state index contributed by atoms with van der Waals surface area (Å²) in [7, 11) is -3.69. The summed E-state index contributed by atoms with van der Waals surface area (Å²) in [6.07, 6.45) is 2.19. The molecule has 8 heteroatoms. The van der Waals surface area contributed by atoms with Gasteiger partial charge >= 0.3 is 0 Å². The van der Waals surface area contributed by atoms with Gasteiger partial charge in [-0.15, -0.1) is 0 Å². The number of rotatable bonds is 5.